The minimum atomic E-state index is -1.05. The van der Waals surface area contributed by atoms with E-state index in [1.165, 1.54) is 60.5 Å². The number of anilines is 1. The Labute approximate surface area is 211 Å². The van der Waals surface area contributed by atoms with Gasteiger partial charge in [0.05, 0.1) is 35.4 Å². The highest BCUT2D eigenvalue weighted by molar-refractivity contribution is 6.52. The molecule has 1 saturated heterocycles. The van der Waals surface area contributed by atoms with Gasteiger partial charge in [0.25, 0.3) is 11.7 Å². The molecular weight excluding hydrogens is 496 g/mol. The number of ether oxygens (including phenoxy) is 2. The molecule has 1 aliphatic heterocycles. The molecule has 0 saturated carbocycles. The van der Waals surface area contributed by atoms with Gasteiger partial charge in [0.1, 0.15) is 23.1 Å². The molecule has 1 aliphatic rings. The van der Waals surface area contributed by atoms with Gasteiger partial charge < -0.3 is 14.6 Å². The van der Waals surface area contributed by atoms with Crippen molar-refractivity contribution in [3.63, 3.8) is 0 Å². The van der Waals surface area contributed by atoms with Gasteiger partial charge in [-0.3, -0.25) is 14.5 Å². The number of Topliss-reactive ketones (excluding diaryl/α,β-unsaturated/α-hetero) is 1. The summed E-state index contributed by atoms with van der Waals surface area (Å²) in [7, 11) is 1.45. The first-order valence-electron chi connectivity index (χ1n) is 10.6. The average Bonchev–Trinajstić information content (AvgIpc) is 3.11. The first-order chi connectivity index (χ1) is 16.8. The van der Waals surface area contributed by atoms with Crippen LogP contribution in [0.25, 0.3) is 5.76 Å². The van der Waals surface area contributed by atoms with Crippen molar-refractivity contribution in [1.82, 2.24) is 0 Å². The number of rotatable bonds is 6. The van der Waals surface area contributed by atoms with Gasteiger partial charge in [-0.1, -0.05) is 35.3 Å². The van der Waals surface area contributed by atoms with Crippen LogP contribution in [0.15, 0.2) is 66.2 Å². The van der Waals surface area contributed by atoms with Gasteiger partial charge in [-0.25, -0.2) is 4.39 Å². The van der Waals surface area contributed by atoms with Gasteiger partial charge in [-0.05, 0) is 61.0 Å². The van der Waals surface area contributed by atoms with Crippen molar-refractivity contribution in [2.24, 2.45) is 0 Å². The lowest BCUT2D eigenvalue weighted by Gasteiger charge is -2.26. The first-order valence-corrected chi connectivity index (χ1v) is 11.3. The van der Waals surface area contributed by atoms with E-state index in [0.717, 1.165) is 0 Å². The molecule has 180 valence electrons. The van der Waals surface area contributed by atoms with Crippen molar-refractivity contribution >= 4 is 46.3 Å². The summed E-state index contributed by atoms with van der Waals surface area (Å²) in [6, 6.07) is 13.4. The van der Waals surface area contributed by atoms with Gasteiger partial charge >= 0.3 is 0 Å². The predicted octanol–water partition coefficient (Wildman–Crippen LogP) is 6.17. The fourth-order valence-electron chi connectivity index (χ4n) is 3.94. The van der Waals surface area contributed by atoms with E-state index >= 15 is 0 Å². The van der Waals surface area contributed by atoms with Crippen LogP contribution in [-0.4, -0.2) is 30.5 Å². The van der Waals surface area contributed by atoms with E-state index in [4.69, 9.17) is 32.7 Å². The minimum Gasteiger partial charge on any atom is -0.507 e. The van der Waals surface area contributed by atoms with Gasteiger partial charge in [0.2, 0.25) is 0 Å². The van der Waals surface area contributed by atoms with Crippen molar-refractivity contribution < 1.29 is 28.6 Å². The molecule has 35 heavy (non-hydrogen) atoms. The number of aliphatic hydroxyl groups excluding tert-OH is 1. The highest BCUT2D eigenvalue weighted by Gasteiger charge is 2.47. The number of hydrogen-bond acceptors (Lipinski definition) is 5. The van der Waals surface area contributed by atoms with Crippen LogP contribution in [0.4, 0.5) is 10.1 Å². The van der Waals surface area contributed by atoms with Crippen LogP contribution >= 0.6 is 23.2 Å². The first kappa shape index (κ1) is 24.6. The number of carbonyl (C=O) groups is 2. The highest BCUT2D eigenvalue weighted by atomic mass is 35.5. The molecular formula is C26H20Cl2FNO5. The molecule has 0 spiro atoms. The second-order valence-corrected chi connectivity index (χ2v) is 8.43. The van der Waals surface area contributed by atoms with Crippen molar-refractivity contribution in [2.45, 2.75) is 13.0 Å². The van der Waals surface area contributed by atoms with Gasteiger partial charge in [0, 0.05) is 11.3 Å². The summed E-state index contributed by atoms with van der Waals surface area (Å²) in [4.78, 5) is 27.7. The zero-order valence-electron chi connectivity index (χ0n) is 18.7. The summed E-state index contributed by atoms with van der Waals surface area (Å²) in [5.41, 5.74) is 0.782. The Morgan fingerprint density at radius 2 is 1.71 bits per heavy atom. The average molecular weight is 516 g/mol. The largest absolute Gasteiger partial charge is 0.507 e. The maximum atomic E-state index is 13.7. The monoisotopic (exact) mass is 515 g/mol. The molecule has 0 radical (unpaired) electrons. The van der Waals surface area contributed by atoms with E-state index < -0.39 is 29.3 Å². The Balaban J connectivity index is 1.93. The molecule has 1 atom stereocenters. The third kappa shape index (κ3) is 4.57. The molecule has 9 heteroatoms. The number of ketones is 1. The molecule has 0 aliphatic carbocycles. The van der Waals surface area contributed by atoms with Crippen molar-refractivity contribution in [3.8, 4) is 11.5 Å². The zero-order valence-corrected chi connectivity index (χ0v) is 20.2. The smallest absolute Gasteiger partial charge is 0.300 e. The molecule has 3 aromatic rings. The quantitative estimate of drug-likeness (QED) is 0.241. The predicted molar refractivity (Wildman–Crippen MR) is 132 cm³/mol. The number of aliphatic hydroxyl groups is 1. The summed E-state index contributed by atoms with van der Waals surface area (Å²) in [5.74, 6) is -1.99. The summed E-state index contributed by atoms with van der Waals surface area (Å²) in [6.07, 6.45) is 0. The fraction of sp³-hybridized carbons (Fsp3) is 0.154. The Bertz CT molecular complexity index is 1340. The minimum absolute atomic E-state index is 0.168. The van der Waals surface area contributed by atoms with Crippen LogP contribution in [0.5, 0.6) is 11.5 Å². The van der Waals surface area contributed by atoms with Crippen LogP contribution < -0.4 is 14.4 Å². The number of hydrogen-bond donors (Lipinski definition) is 1. The van der Waals surface area contributed by atoms with Crippen LogP contribution in [0, 0.1) is 5.82 Å². The van der Waals surface area contributed by atoms with Crippen molar-refractivity contribution in [2.75, 3.05) is 18.6 Å². The molecule has 3 aromatic carbocycles. The second-order valence-electron chi connectivity index (χ2n) is 7.62. The van der Waals surface area contributed by atoms with Gasteiger partial charge in [-0.2, -0.15) is 0 Å². The van der Waals surface area contributed by atoms with Crippen LogP contribution in [0.3, 0.4) is 0 Å². The Morgan fingerprint density at radius 3 is 2.34 bits per heavy atom. The number of nitrogens with zero attached hydrogens (tertiary/aromatic N) is 1. The lowest BCUT2D eigenvalue weighted by Crippen LogP contribution is -2.29. The third-order valence-corrected chi connectivity index (χ3v) is 6.16. The van der Waals surface area contributed by atoms with E-state index in [1.807, 2.05) is 0 Å². The van der Waals surface area contributed by atoms with E-state index in [-0.39, 0.29) is 16.2 Å². The van der Waals surface area contributed by atoms with Crippen molar-refractivity contribution in [1.29, 1.82) is 0 Å². The van der Waals surface area contributed by atoms with Crippen molar-refractivity contribution in [3.05, 3.63) is 93.2 Å². The standard InChI is InChI=1S/C26H20Cl2FNO5/c1-3-35-21-12-15(6-10-18(21)27)24(31)22-23(14-4-7-16(29)8-5-14)30(26(33)25(22)32)17-9-11-20(34-2)19(28)13-17/h4-13,23,31H,3H2,1-2H3/b24-22+. The lowest BCUT2D eigenvalue weighted by molar-refractivity contribution is -0.132. The summed E-state index contributed by atoms with van der Waals surface area (Å²) in [5, 5.41) is 11.8. The van der Waals surface area contributed by atoms with Gasteiger partial charge in [0.15, 0.2) is 0 Å². The molecule has 0 aromatic heterocycles. The van der Waals surface area contributed by atoms with Crippen LogP contribution in [-0.2, 0) is 9.59 Å². The highest BCUT2D eigenvalue weighted by Crippen LogP contribution is 2.44. The SMILES string of the molecule is CCOc1cc(/C(O)=C2\C(=O)C(=O)N(c3ccc(OC)c(Cl)c3)C2c2ccc(F)cc2)ccc1Cl. The summed E-state index contributed by atoms with van der Waals surface area (Å²) < 4.78 is 24.4. The van der Waals surface area contributed by atoms with Gasteiger partial charge in [-0.15, -0.1) is 0 Å². The molecule has 1 unspecified atom stereocenters. The number of benzene rings is 3. The Morgan fingerprint density at radius 1 is 1.00 bits per heavy atom. The van der Waals surface area contributed by atoms with E-state index in [9.17, 15) is 19.1 Å². The Hall–Kier alpha value is -3.55. The maximum Gasteiger partial charge on any atom is 0.300 e. The third-order valence-electron chi connectivity index (χ3n) is 5.55. The number of halogens is 3. The molecule has 0 bridgehead atoms. The zero-order chi connectivity index (χ0) is 25.3. The lowest BCUT2D eigenvalue weighted by atomic mass is 9.95. The van der Waals surface area contributed by atoms with Crippen LogP contribution in [0.2, 0.25) is 10.0 Å². The molecule has 1 N–H and O–H groups in total. The normalized spacial score (nSPS) is 17.1. The Kier molecular flexibility index (Phi) is 7.00. The number of methoxy groups -OCH3 is 1. The summed E-state index contributed by atoms with van der Waals surface area (Å²) in [6.45, 7) is 2.12. The molecule has 1 fully saturated rings. The van der Waals surface area contributed by atoms with Crippen LogP contribution in [0.1, 0.15) is 24.1 Å². The second kappa shape index (κ2) is 9.98. The summed E-state index contributed by atoms with van der Waals surface area (Å²) >= 11 is 12.4. The fourth-order valence-corrected chi connectivity index (χ4v) is 4.36. The number of carbonyl (C=O) groups excluding carboxylic acids is 2. The topological polar surface area (TPSA) is 76.1 Å². The van der Waals surface area contributed by atoms with E-state index in [1.54, 1.807) is 19.1 Å². The molecule has 6 nitrogen and oxygen atoms in total. The molecule has 1 heterocycles. The van der Waals surface area contributed by atoms with E-state index in [0.29, 0.717) is 34.4 Å². The molecule has 1 amide bonds. The maximum absolute atomic E-state index is 13.7. The van der Waals surface area contributed by atoms with E-state index in [2.05, 4.69) is 0 Å². The number of amides is 1. The molecule has 4 rings (SSSR count).